The third-order valence-corrected chi connectivity index (χ3v) is 5.45. The van der Waals surface area contributed by atoms with Crippen LogP contribution in [0.3, 0.4) is 0 Å². The molecule has 0 spiro atoms. The molecule has 34 heavy (non-hydrogen) atoms. The summed E-state index contributed by atoms with van der Waals surface area (Å²) in [6, 6.07) is 10.4. The average molecular weight is 473 g/mol. The predicted molar refractivity (Wildman–Crippen MR) is 114 cm³/mol. The highest BCUT2D eigenvalue weighted by Crippen LogP contribution is 2.34. The molecule has 2 aromatic carbocycles. The standard InChI is InChI=1S/C22H19F4N7O/c1-13-27-12-33(30-13)19-9-6-15(11-18(19)23)28-21-29-20-17(3-2-10-32(20)31-21)14-4-7-16(8-5-14)34-22(24,25)26/h4-9,11-12,17H,2-3,10H2,1H3,(H,28,31)/t17-/m0/s1. The van der Waals surface area contributed by atoms with E-state index in [1.54, 1.807) is 35.9 Å². The number of anilines is 2. The molecular formula is C22H19F4N7O. The molecule has 0 amide bonds. The van der Waals surface area contributed by atoms with E-state index in [0.717, 1.165) is 18.4 Å². The first-order chi connectivity index (χ1) is 16.2. The van der Waals surface area contributed by atoms with Crippen LogP contribution in [0, 0.1) is 12.7 Å². The van der Waals surface area contributed by atoms with Crippen LogP contribution in [0.4, 0.5) is 29.2 Å². The lowest BCUT2D eigenvalue weighted by Gasteiger charge is -2.22. The van der Waals surface area contributed by atoms with Gasteiger partial charge in [-0.25, -0.2) is 18.7 Å². The molecule has 0 saturated carbocycles. The van der Waals surface area contributed by atoms with Crippen molar-refractivity contribution in [3.63, 3.8) is 0 Å². The fraction of sp³-hybridized carbons (Fsp3) is 0.273. The summed E-state index contributed by atoms with van der Waals surface area (Å²) < 4.78 is 59.0. The molecule has 0 saturated heterocycles. The van der Waals surface area contributed by atoms with Crippen LogP contribution in [0.1, 0.15) is 36.0 Å². The van der Waals surface area contributed by atoms with E-state index in [-0.39, 0.29) is 17.4 Å². The lowest BCUT2D eigenvalue weighted by molar-refractivity contribution is -0.274. The number of fused-ring (bicyclic) bond motifs is 1. The zero-order chi connectivity index (χ0) is 23.9. The number of aromatic nitrogens is 6. The minimum Gasteiger partial charge on any atom is -0.406 e. The van der Waals surface area contributed by atoms with Crippen LogP contribution in [0.5, 0.6) is 5.75 Å². The first kappa shape index (κ1) is 21.9. The number of aryl methyl sites for hydroxylation is 2. The van der Waals surface area contributed by atoms with Gasteiger partial charge in [-0.05, 0) is 55.7 Å². The van der Waals surface area contributed by atoms with Crippen LogP contribution in [0.15, 0.2) is 48.8 Å². The smallest absolute Gasteiger partial charge is 0.406 e. The highest BCUT2D eigenvalue weighted by molar-refractivity contribution is 5.56. The third-order valence-electron chi connectivity index (χ3n) is 5.45. The van der Waals surface area contributed by atoms with Gasteiger partial charge in [0.15, 0.2) is 5.82 Å². The molecular weight excluding hydrogens is 454 g/mol. The molecule has 176 valence electrons. The Labute approximate surface area is 191 Å². The summed E-state index contributed by atoms with van der Waals surface area (Å²) >= 11 is 0. The third kappa shape index (κ3) is 4.56. The monoisotopic (exact) mass is 473 g/mol. The van der Waals surface area contributed by atoms with Crippen LogP contribution in [0.25, 0.3) is 5.69 Å². The zero-order valence-electron chi connectivity index (χ0n) is 17.9. The van der Waals surface area contributed by atoms with Gasteiger partial charge in [-0.2, -0.15) is 10.1 Å². The summed E-state index contributed by atoms with van der Waals surface area (Å²) in [5.41, 5.74) is 1.54. The summed E-state index contributed by atoms with van der Waals surface area (Å²) in [7, 11) is 0. The molecule has 1 N–H and O–H groups in total. The van der Waals surface area contributed by atoms with E-state index in [1.807, 2.05) is 0 Å². The largest absolute Gasteiger partial charge is 0.573 e. The van der Waals surface area contributed by atoms with Crippen molar-refractivity contribution in [2.45, 2.75) is 38.6 Å². The van der Waals surface area contributed by atoms with Gasteiger partial charge in [-0.15, -0.1) is 18.3 Å². The Kier molecular flexibility index (Phi) is 5.42. The molecule has 4 aromatic rings. The van der Waals surface area contributed by atoms with Gasteiger partial charge in [0.25, 0.3) is 0 Å². The van der Waals surface area contributed by atoms with Crippen LogP contribution >= 0.6 is 0 Å². The molecule has 3 heterocycles. The Morgan fingerprint density at radius 3 is 2.56 bits per heavy atom. The Hall–Kier alpha value is -3.96. The highest BCUT2D eigenvalue weighted by atomic mass is 19.4. The molecule has 0 unspecified atom stereocenters. The molecule has 0 radical (unpaired) electrons. The summed E-state index contributed by atoms with van der Waals surface area (Å²) in [5.74, 6) is 0.634. The van der Waals surface area contributed by atoms with Gasteiger partial charge < -0.3 is 10.1 Å². The van der Waals surface area contributed by atoms with Gasteiger partial charge in [0.1, 0.15) is 29.4 Å². The molecule has 0 bridgehead atoms. The second-order valence-electron chi connectivity index (χ2n) is 7.86. The van der Waals surface area contributed by atoms with E-state index >= 15 is 0 Å². The van der Waals surface area contributed by atoms with Gasteiger partial charge in [-0.1, -0.05) is 12.1 Å². The van der Waals surface area contributed by atoms with E-state index in [4.69, 9.17) is 0 Å². The SMILES string of the molecule is Cc1ncn(-c2ccc(Nc3nc4n(n3)CCC[C@H]4c3ccc(OC(F)(F)F)cc3)cc2F)n1. The summed E-state index contributed by atoms with van der Waals surface area (Å²) in [6.45, 7) is 2.38. The number of ether oxygens (including phenoxy) is 1. The summed E-state index contributed by atoms with van der Waals surface area (Å²) in [4.78, 5) is 8.58. The van der Waals surface area contributed by atoms with Gasteiger partial charge in [0, 0.05) is 18.2 Å². The molecule has 8 nitrogen and oxygen atoms in total. The number of benzene rings is 2. The van der Waals surface area contributed by atoms with E-state index in [9.17, 15) is 17.6 Å². The number of hydrogen-bond acceptors (Lipinski definition) is 6. The Balaban J connectivity index is 1.35. The van der Waals surface area contributed by atoms with Crippen molar-refractivity contribution < 1.29 is 22.3 Å². The second-order valence-corrected chi connectivity index (χ2v) is 7.86. The van der Waals surface area contributed by atoms with Crippen molar-refractivity contribution in [2.75, 3.05) is 5.32 Å². The van der Waals surface area contributed by atoms with Crippen molar-refractivity contribution >= 4 is 11.6 Å². The minimum atomic E-state index is -4.74. The maximum Gasteiger partial charge on any atom is 0.573 e. The van der Waals surface area contributed by atoms with Crippen molar-refractivity contribution in [2.24, 2.45) is 0 Å². The number of nitrogens with one attached hydrogen (secondary N) is 1. The fourth-order valence-corrected chi connectivity index (χ4v) is 3.98. The molecule has 1 atom stereocenters. The number of alkyl halides is 3. The molecule has 0 fully saturated rings. The molecule has 0 aliphatic carbocycles. The average Bonchev–Trinajstić information content (AvgIpc) is 3.39. The molecule has 1 aliphatic heterocycles. The maximum atomic E-state index is 14.6. The normalized spacial score (nSPS) is 15.7. The summed E-state index contributed by atoms with van der Waals surface area (Å²) in [5, 5.41) is 11.6. The van der Waals surface area contributed by atoms with Gasteiger partial charge in [0.2, 0.25) is 5.95 Å². The lowest BCUT2D eigenvalue weighted by atomic mass is 9.91. The van der Waals surface area contributed by atoms with E-state index < -0.39 is 12.2 Å². The van der Waals surface area contributed by atoms with Crippen LogP contribution in [-0.2, 0) is 6.54 Å². The Bertz CT molecular complexity index is 1310. The van der Waals surface area contributed by atoms with Crippen molar-refractivity contribution in [1.29, 1.82) is 0 Å². The van der Waals surface area contributed by atoms with E-state index in [2.05, 4.69) is 30.2 Å². The van der Waals surface area contributed by atoms with Gasteiger partial charge in [0.05, 0.1) is 0 Å². The maximum absolute atomic E-state index is 14.6. The Morgan fingerprint density at radius 2 is 1.88 bits per heavy atom. The predicted octanol–water partition coefficient (Wildman–Crippen LogP) is 4.87. The van der Waals surface area contributed by atoms with Crippen molar-refractivity contribution in [3.05, 3.63) is 71.8 Å². The highest BCUT2D eigenvalue weighted by Gasteiger charge is 2.31. The topological polar surface area (TPSA) is 82.7 Å². The molecule has 12 heteroatoms. The summed E-state index contributed by atoms with van der Waals surface area (Å²) in [6.07, 6.45) is -1.69. The van der Waals surface area contributed by atoms with Crippen LogP contribution < -0.4 is 10.1 Å². The van der Waals surface area contributed by atoms with Crippen LogP contribution in [-0.4, -0.2) is 35.9 Å². The first-order valence-corrected chi connectivity index (χ1v) is 10.5. The number of hydrogen-bond donors (Lipinski definition) is 1. The first-order valence-electron chi connectivity index (χ1n) is 10.5. The number of rotatable bonds is 5. The number of nitrogens with zero attached hydrogens (tertiary/aromatic N) is 6. The lowest BCUT2D eigenvalue weighted by Crippen LogP contribution is -2.18. The minimum absolute atomic E-state index is 0.133. The fourth-order valence-electron chi connectivity index (χ4n) is 3.98. The van der Waals surface area contributed by atoms with E-state index in [0.29, 0.717) is 29.8 Å². The molecule has 2 aromatic heterocycles. The quantitative estimate of drug-likeness (QED) is 0.417. The van der Waals surface area contributed by atoms with Gasteiger partial charge in [-0.3, -0.25) is 0 Å². The van der Waals surface area contributed by atoms with Crippen molar-refractivity contribution in [1.82, 2.24) is 29.5 Å². The van der Waals surface area contributed by atoms with Crippen molar-refractivity contribution in [3.8, 4) is 11.4 Å². The molecule has 5 rings (SSSR count). The molecule has 1 aliphatic rings. The second kappa shape index (κ2) is 8.43. The van der Waals surface area contributed by atoms with Gasteiger partial charge >= 0.3 is 6.36 Å². The zero-order valence-corrected chi connectivity index (χ0v) is 17.9. The Morgan fingerprint density at radius 1 is 1.09 bits per heavy atom. The van der Waals surface area contributed by atoms with E-state index in [1.165, 1.54) is 29.2 Å². The van der Waals surface area contributed by atoms with Crippen LogP contribution in [0.2, 0.25) is 0 Å². The number of halogens is 4.